The van der Waals surface area contributed by atoms with Crippen molar-refractivity contribution in [2.45, 2.75) is 13.2 Å². The molecule has 3 aromatic carbocycles. The van der Waals surface area contributed by atoms with Gasteiger partial charge in [-0.3, -0.25) is 14.7 Å². The first-order valence-electron chi connectivity index (χ1n) is 11.6. The number of nitrogens with zero attached hydrogens (tertiary/aromatic N) is 4. The Morgan fingerprint density at radius 1 is 0.974 bits per heavy atom. The zero-order valence-electron chi connectivity index (χ0n) is 19.9. The van der Waals surface area contributed by atoms with E-state index in [0.717, 1.165) is 12.1 Å². The Bertz CT molecular complexity index is 1450. The van der Waals surface area contributed by atoms with E-state index in [-0.39, 0.29) is 36.0 Å². The van der Waals surface area contributed by atoms with Crippen LogP contribution in [-0.4, -0.2) is 40.4 Å². The quantitative estimate of drug-likeness (QED) is 0.0950. The van der Waals surface area contributed by atoms with Crippen LogP contribution in [0.1, 0.15) is 11.1 Å². The second-order valence-corrected chi connectivity index (χ2v) is 11.0. The molecule has 0 bridgehead atoms. The van der Waals surface area contributed by atoms with Crippen molar-refractivity contribution >= 4 is 19.0 Å². The lowest BCUT2D eigenvalue weighted by Gasteiger charge is -2.20. The molecule has 0 radical (unpaired) electrons. The highest BCUT2D eigenvalue weighted by Gasteiger charge is 2.49. The summed E-state index contributed by atoms with van der Waals surface area (Å²) in [4.78, 5) is 14.1. The molecular weight excluding hydrogens is 521 g/mol. The second kappa shape index (κ2) is 10.5. The summed E-state index contributed by atoms with van der Waals surface area (Å²) in [5.41, 5.74) is 0.494. The van der Waals surface area contributed by atoms with Crippen molar-refractivity contribution in [3.8, 4) is 17.2 Å². The third kappa shape index (κ3) is 5.66. The summed E-state index contributed by atoms with van der Waals surface area (Å²) in [6.07, 6.45) is 0. The van der Waals surface area contributed by atoms with Crippen LogP contribution in [0.25, 0.3) is 4.85 Å². The van der Waals surface area contributed by atoms with Crippen LogP contribution in [0.15, 0.2) is 54.6 Å². The van der Waals surface area contributed by atoms with Crippen molar-refractivity contribution in [2.75, 3.05) is 26.2 Å². The SMILES string of the molecule is [C-]#[N+]c1cccc(Oc2cc(COc3c(F)cc(COP(=O)(N4CC4)N4CC4)cc3F)ccc2[N+](=O)[O-])c1. The largest absolute Gasteiger partial charge is 0.483 e. The van der Waals surface area contributed by atoms with Gasteiger partial charge in [0.15, 0.2) is 23.1 Å². The Hall–Kier alpha value is -3.88. The summed E-state index contributed by atoms with van der Waals surface area (Å²) in [7, 11) is -3.13. The number of hydrogen-bond acceptors (Lipinski definition) is 6. The number of halogens is 2. The number of nitro groups is 1. The maximum atomic E-state index is 14.7. The van der Waals surface area contributed by atoms with E-state index in [0.29, 0.717) is 37.4 Å². The summed E-state index contributed by atoms with van der Waals surface area (Å²) in [5, 5.41) is 11.5. The molecular formula is C25H21F2N4O6P. The highest BCUT2D eigenvalue weighted by molar-refractivity contribution is 7.54. The Balaban J connectivity index is 1.28. The van der Waals surface area contributed by atoms with Crippen LogP contribution in [0.2, 0.25) is 0 Å². The molecule has 2 aliphatic rings. The van der Waals surface area contributed by atoms with Gasteiger partial charge < -0.3 is 14.0 Å². The van der Waals surface area contributed by atoms with Gasteiger partial charge in [0, 0.05) is 32.2 Å². The van der Waals surface area contributed by atoms with Crippen LogP contribution in [0, 0.1) is 28.3 Å². The lowest BCUT2D eigenvalue weighted by molar-refractivity contribution is -0.385. The van der Waals surface area contributed by atoms with Crippen LogP contribution in [0.3, 0.4) is 0 Å². The minimum Gasteiger partial charge on any atom is -0.483 e. The van der Waals surface area contributed by atoms with Gasteiger partial charge >= 0.3 is 13.4 Å². The van der Waals surface area contributed by atoms with Gasteiger partial charge in [0.05, 0.1) is 18.1 Å². The van der Waals surface area contributed by atoms with E-state index in [1.165, 1.54) is 24.3 Å². The van der Waals surface area contributed by atoms with E-state index in [2.05, 4.69) is 4.85 Å². The van der Waals surface area contributed by atoms with Crippen molar-refractivity contribution in [3.63, 3.8) is 0 Å². The standard InChI is InChI=1S/C25H21F2N4O6P/c1-28-19-3-2-4-20(14-19)37-24-13-17(5-6-23(24)31(32)33)15-35-25-21(26)11-18(12-22(25)27)16-36-38(34,29-7-8-29)30-9-10-30/h2-6,11-14H,7-10,15-16H2. The Morgan fingerprint density at radius 2 is 1.66 bits per heavy atom. The molecule has 2 fully saturated rings. The molecule has 38 heavy (non-hydrogen) atoms. The topological polar surface area (TPSA) is 98.3 Å². The lowest BCUT2D eigenvalue weighted by Crippen LogP contribution is -2.08. The first-order valence-corrected chi connectivity index (χ1v) is 13.1. The molecule has 196 valence electrons. The molecule has 3 aromatic rings. The van der Waals surface area contributed by atoms with E-state index in [1.807, 2.05) is 0 Å². The molecule has 0 spiro atoms. The van der Waals surface area contributed by atoms with E-state index >= 15 is 0 Å². The van der Waals surface area contributed by atoms with Gasteiger partial charge in [-0.05, 0) is 47.5 Å². The first-order chi connectivity index (χ1) is 18.3. The molecule has 13 heteroatoms. The van der Waals surface area contributed by atoms with E-state index in [1.54, 1.807) is 27.5 Å². The first kappa shape index (κ1) is 25.8. The molecule has 0 amide bonds. The molecule has 0 unspecified atom stereocenters. The van der Waals surface area contributed by atoms with Crippen LogP contribution in [0.5, 0.6) is 17.2 Å². The summed E-state index contributed by atoms with van der Waals surface area (Å²) in [6, 6.07) is 12.1. The fourth-order valence-electron chi connectivity index (χ4n) is 3.71. The van der Waals surface area contributed by atoms with Crippen molar-refractivity contribution in [1.82, 2.24) is 9.34 Å². The summed E-state index contributed by atoms with van der Waals surface area (Å²) < 4.78 is 62.5. The maximum absolute atomic E-state index is 14.7. The third-order valence-electron chi connectivity index (χ3n) is 5.80. The zero-order chi connectivity index (χ0) is 26.9. The third-order valence-corrected chi connectivity index (χ3v) is 8.49. The average molecular weight is 542 g/mol. The van der Waals surface area contributed by atoms with Gasteiger partial charge in [0.25, 0.3) is 0 Å². The Morgan fingerprint density at radius 3 is 2.26 bits per heavy atom. The average Bonchev–Trinajstić information content (AvgIpc) is 3.79. The maximum Gasteiger partial charge on any atom is 0.346 e. The van der Waals surface area contributed by atoms with E-state index < -0.39 is 30.0 Å². The van der Waals surface area contributed by atoms with Crippen molar-refractivity contribution in [1.29, 1.82) is 0 Å². The van der Waals surface area contributed by atoms with Crippen LogP contribution in [-0.2, 0) is 22.3 Å². The Kier molecular flexibility index (Phi) is 7.10. The number of rotatable bonds is 11. The fraction of sp³-hybridized carbons (Fsp3) is 0.240. The second-order valence-electron chi connectivity index (χ2n) is 8.62. The smallest absolute Gasteiger partial charge is 0.346 e. The molecule has 0 N–H and O–H groups in total. The van der Waals surface area contributed by atoms with Crippen molar-refractivity contribution in [2.24, 2.45) is 0 Å². The summed E-state index contributed by atoms with van der Waals surface area (Å²) >= 11 is 0. The van der Waals surface area contributed by atoms with Gasteiger partial charge in [-0.25, -0.2) is 23.0 Å². The number of nitro benzene ring substituents is 1. The minimum atomic E-state index is -3.13. The van der Waals surface area contributed by atoms with Crippen LogP contribution in [0.4, 0.5) is 20.2 Å². The highest BCUT2D eigenvalue weighted by Crippen LogP contribution is 2.61. The molecule has 5 rings (SSSR count). The molecule has 2 heterocycles. The molecule has 0 atom stereocenters. The fourth-order valence-corrected chi connectivity index (χ4v) is 5.90. The van der Waals surface area contributed by atoms with Crippen LogP contribution >= 0.6 is 7.67 Å². The molecule has 10 nitrogen and oxygen atoms in total. The number of ether oxygens (including phenoxy) is 2. The zero-order valence-corrected chi connectivity index (χ0v) is 20.8. The van der Waals surface area contributed by atoms with Gasteiger partial charge in [-0.1, -0.05) is 12.1 Å². The van der Waals surface area contributed by atoms with Gasteiger partial charge in [0.1, 0.15) is 12.4 Å². The van der Waals surface area contributed by atoms with Crippen LogP contribution < -0.4 is 9.47 Å². The van der Waals surface area contributed by atoms with Crippen molar-refractivity contribution < 1.29 is 32.3 Å². The summed E-state index contributed by atoms with van der Waals surface area (Å²) in [6.45, 7) is 9.20. The summed E-state index contributed by atoms with van der Waals surface area (Å²) in [5.74, 6) is -2.46. The molecule has 0 aliphatic carbocycles. The normalized spacial score (nSPS) is 15.1. The van der Waals surface area contributed by atoms with Crippen molar-refractivity contribution in [3.05, 3.63) is 98.9 Å². The molecule has 0 aromatic heterocycles. The predicted molar refractivity (Wildman–Crippen MR) is 132 cm³/mol. The molecule has 2 aliphatic heterocycles. The van der Waals surface area contributed by atoms with Gasteiger partial charge in [-0.15, -0.1) is 0 Å². The molecule has 2 saturated heterocycles. The van der Waals surface area contributed by atoms with Gasteiger partial charge in [-0.2, -0.15) is 0 Å². The number of benzene rings is 3. The highest BCUT2D eigenvalue weighted by atomic mass is 31.2. The predicted octanol–water partition coefficient (Wildman–Crippen LogP) is 6.05. The minimum absolute atomic E-state index is 0.117. The van der Waals surface area contributed by atoms with E-state index in [4.69, 9.17) is 20.6 Å². The lowest BCUT2D eigenvalue weighted by atomic mass is 10.2. The molecule has 0 saturated carbocycles. The van der Waals surface area contributed by atoms with Gasteiger partial charge in [0.2, 0.25) is 5.75 Å². The Labute approximate surface area is 216 Å². The van der Waals surface area contributed by atoms with E-state index in [9.17, 15) is 23.5 Å². The number of hydrogen-bond donors (Lipinski definition) is 0. The monoisotopic (exact) mass is 542 g/mol.